The summed E-state index contributed by atoms with van der Waals surface area (Å²) < 4.78 is 0. The van der Waals surface area contributed by atoms with Crippen LogP contribution < -0.4 is 11.5 Å². The molecule has 0 saturated heterocycles. The maximum Gasteiger partial charge on any atom is 0.335 e. The molecule has 1 unspecified atom stereocenters. The Morgan fingerprint density at radius 1 is 1.22 bits per heavy atom. The molecule has 0 spiro atoms. The van der Waals surface area contributed by atoms with Crippen LogP contribution in [0.2, 0.25) is 0 Å². The highest BCUT2D eigenvalue weighted by Gasteiger charge is 2.27. The number of aromatic carboxylic acids is 1. The molecule has 5 N–H and O–H groups in total. The first-order valence-corrected chi connectivity index (χ1v) is 7.78. The topological polar surface area (TPSA) is 115 Å². The number of fused-ring (bicyclic) bond motifs is 1. The van der Waals surface area contributed by atoms with Gasteiger partial charge >= 0.3 is 5.97 Å². The van der Waals surface area contributed by atoms with E-state index < -0.39 is 5.97 Å². The van der Waals surface area contributed by atoms with Gasteiger partial charge in [-0.3, -0.25) is 0 Å². The van der Waals surface area contributed by atoms with Gasteiger partial charge in [0, 0.05) is 5.56 Å². The predicted octanol–water partition coefficient (Wildman–Crippen LogP) is 2.39. The molecule has 2 aromatic rings. The van der Waals surface area contributed by atoms with Crippen LogP contribution in [0.15, 0.2) is 24.3 Å². The van der Waals surface area contributed by atoms with E-state index in [0.717, 1.165) is 48.9 Å². The molecule has 1 atom stereocenters. The molecule has 1 heterocycles. The fourth-order valence-corrected chi connectivity index (χ4v) is 3.30. The number of nitrogens with zero attached hydrogens (tertiary/aromatic N) is 2. The average molecular weight is 312 g/mol. The summed E-state index contributed by atoms with van der Waals surface area (Å²) in [5.41, 5.74) is 15.2. The molecule has 23 heavy (non-hydrogen) atoms. The SMILES string of the molecule is Nc1nc(N)c2c(n1)CCC2CCCc1ccc(C(=O)O)cc1. The molecule has 120 valence electrons. The van der Waals surface area contributed by atoms with Gasteiger partial charge in [0.05, 0.1) is 11.3 Å². The zero-order chi connectivity index (χ0) is 16.4. The Labute approximate surface area is 134 Å². The smallest absolute Gasteiger partial charge is 0.335 e. The second-order valence-corrected chi connectivity index (χ2v) is 5.96. The molecule has 0 saturated carbocycles. The highest BCUT2D eigenvalue weighted by Crippen LogP contribution is 2.38. The van der Waals surface area contributed by atoms with E-state index in [-0.39, 0.29) is 5.95 Å². The molecule has 1 aliphatic carbocycles. The quantitative estimate of drug-likeness (QED) is 0.780. The van der Waals surface area contributed by atoms with Gasteiger partial charge in [0.1, 0.15) is 5.82 Å². The van der Waals surface area contributed by atoms with E-state index in [1.807, 2.05) is 12.1 Å². The molecule has 0 radical (unpaired) electrons. The maximum atomic E-state index is 10.8. The van der Waals surface area contributed by atoms with Gasteiger partial charge in [-0.15, -0.1) is 0 Å². The highest BCUT2D eigenvalue weighted by atomic mass is 16.4. The van der Waals surface area contributed by atoms with E-state index in [1.54, 1.807) is 12.1 Å². The summed E-state index contributed by atoms with van der Waals surface area (Å²) in [7, 11) is 0. The molecule has 3 rings (SSSR count). The Bertz CT molecular complexity index is 728. The number of hydrogen-bond donors (Lipinski definition) is 3. The zero-order valence-electron chi connectivity index (χ0n) is 12.8. The van der Waals surface area contributed by atoms with Crippen molar-refractivity contribution < 1.29 is 9.90 Å². The van der Waals surface area contributed by atoms with Crippen LogP contribution >= 0.6 is 0 Å². The van der Waals surface area contributed by atoms with E-state index in [0.29, 0.717) is 17.3 Å². The number of anilines is 2. The largest absolute Gasteiger partial charge is 0.478 e. The molecule has 1 aromatic heterocycles. The minimum absolute atomic E-state index is 0.250. The molecular weight excluding hydrogens is 292 g/mol. The summed E-state index contributed by atoms with van der Waals surface area (Å²) in [6, 6.07) is 7.06. The van der Waals surface area contributed by atoms with Crippen LogP contribution in [0.1, 0.15) is 52.4 Å². The van der Waals surface area contributed by atoms with Gasteiger partial charge in [-0.1, -0.05) is 12.1 Å². The third kappa shape index (κ3) is 3.26. The number of carbonyl (C=O) groups is 1. The Kier molecular flexibility index (Phi) is 4.14. The van der Waals surface area contributed by atoms with Crippen molar-refractivity contribution in [2.24, 2.45) is 0 Å². The standard InChI is InChI=1S/C17H20N4O2/c18-15-14-11(8-9-13(14)20-17(19)21-15)3-1-2-10-4-6-12(7-5-10)16(22)23/h4-7,11H,1-3,8-9H2,(H,22,23)(H4,18,19,20,21). The maximum absolute atomic E-state index is 10.8. The normalized spacial score (nSPS) is 16.3. The van der Waals surface area contributed by atoms with Gasteiger partial charge in [0.2, 0.25) is 5.95 Å². The van der Waals surface area contributed by atoms with Gasteiger partial charge in [-0.05, 0) is 55.7 Å². The summed E-state index contributed by atoms with van der Waals surface area (Å²) in [5.74, 6) is 0.263. The van der Waals surface area contributed by atoms with E-state index in [9.17, 15) is 4.79 Å². The Morgan fingerprint density at radius 3 is 2.65 bits per heavy atom. The fraction of sp³-hybridized carbons (Fsp3) is 0.353. The number of carboxylic acids is 1. The van der Waals surface area contributed by atoms with Crippen molar-refractivity contribution in [3.63, 3.8) is 0 Å². The van der Waals surface area contributed by atoms with Gasteiger partial charge in [0.15, 0.2) is 0 Å². The van der Waals surface area contributed by atoms with Crippen LogP contribution in [0.5, 0.6) is 0 Å². The van der Waals surface area contributed by atoms with E-state index >= 15 is 0 Å². The van der Waals surface area contributed by atoms with E-state index in [1.165, 1.54) is 0 Å². The molecule has 6 nitrogen and oxygen atoms in total. The van der Waals surface area contributed by atoms with Crippen molar-refractivity contribution in [1.29, 1.82) is 0 Å². The molecular formula is C17H20N4O2. The number of carboxylic acid groups (broad SMARTS) is 1. The van der Waals surface area contributed by atoms with Crippen LogP contribution in [0, 0.1) is 0 Å². The van der Waals surface area contributed by atoms with Crippen molar-refractivity contribution in [3.8, 4) is 0 Å². The second-order valence-electron chi connectivity index (χ2n) is 5.96. The minimum atomic E-state index is -0.895. The number of aromatic nitrogens is 2. The van der Waals surface area contributed by atoms with Gasteiger partial charge in [-0.25, -0.2) is 9.78 Å². The number of benzene rings is 1. The summed E-state index contributed by atoms with van der Waals surface area (Å²) in [4.78, 5) is 19.2. The van der Waals surface area contributed by atoms with Crippen molar-refractivity contribution in [2.75, 3.05) is 11.5 Å². The molecule has 1 aromatic carbocycles. The Balaban J connectivity index is 1.60. The molecule has 0 fully saturated rings. The lowest BCUT2D eigenvalue weighted by molar-refractivity contribution is 0.0697. The lowest BCUT2D eigenvalue weighted by Crippen LogP contribution is -2.07. The number of nitrogens with two attached hydrogens (primary N) is 2. The van der Waals surface area contributed by atoms with Crippen molar-refractivity contribution >= 4 is 17.7 Å². The van der Waals surface area contributed by atoms with Crippen LogP contribution in [0.4, 0.5) is 11.8 Å². The first-order valence-electron chi connectivity index (χ1n) is 7.78. The van der Waals surface area contributed by atoms with E-state index in [4.69, 9.17) is 16.6 Å². The van der Waals surface area contributed by atoms with Crippen molar-refractivity contribution in [3.05, 3.63) is 46.6 Å². The average Bonchev–Trinajstić information content (AvgIpc) is 2.91. The minimum Gasteiger partial charge on any atom is -0.478 e. The van der Waals surface area contributed by atoms with Gasteiger partial charge in [0.25, 0.3) is 0 Å². The van der Waals surface area contributed by atoms with Crippen LogP contribution in [-0.4, -0.2) is 21.0 Å². The van der Waals surface area contributed by atoms with Gasteiger partial charge in [-0.2, -0.15) is 4.98 Å². The number of rotatable bonds is 5. The summed E-state index contributed by atoms with van der Waals surface area (Å²) in [5, 5.41) is 8.90. The summed E-state index contributed by atoms with van der Waals surface area (Å²) in [6.45, 7) is 0. The number of hydrogen-bond acceptors (Lipinski definition) is 5. The van der Waals surface area contributed by atoms with Crippen molar-refractivity contribution in [1.82, 2.24) is 9.97 Å². The lowest BCUT2D eigenvalue weighted by Gasteiger charge is -2.13. The number of nitrogen functional groups attached to an aromatic ring is 2. The zero-order valence-corrected chi connectivity index (χ0v) is 12.8. The van der Waals surface area contributed by atoms with Crippen molar-refractivity contribution in [2.45, 2.75) is 38.0 Å². The highest BCUT2D eigenvalue weighted by molar-refractivity contribution is 5.87. The summed E-state index contributed by atoms with van der Waals surface area (Å²) >= 11 is 0. The van der Waals surface area contributed by atoms with Crippen LogP contribution in [0.25, 0.3) is 0 Å². The third-order valence-electron chi connectivity index (χ3n) is 4.43. The van der Waals surface area contributed by atoms with E-state index in [2.05, 4.69) is 9.97 Å². The Hall–Kier alpha value is -2.63. The fourth-order valence-electron chi connectivity index (χ4n) is 3.30. The predicted molar refractivity (Wildman–Crippen MR) is 88.3 cm³/mol. The van der Waals surface area contributed by atoms with Crippen LogP contribution in [-0.2, 0) is 12.8 Å². The molecule has 6 heteroatoms. The van der Waals surface area contributed by atoms with Crippen LogP contribution in [0.3, 0.4) is 0 Å². The summed E-state index contributed by atoms with van der Waals surface area (Å²) in [6.07, 6.45) is 4.90. The lowest BCUT2D eigenvalue weighted by atomic mass is 9.94. The van der Waals surface area contributed by atoms with Gasteiger partial charge < -0.3 is 16.6 Å². The molecule has 0 amide bonds. The third-order valence-corrected chi connectivity index (χ3v) is 4.43. The molecule has 1 aliphatic rings. The molecule has 0 bridgehead atoms. The Morgan fingerprint density at radius 2 is 1.96 bits per heavy atom. The second kappa shape index (κ2) is 6.24. The molecule has 0 aliphatic heterocycles. The number of aryl methyl sites for hydroxylation is 2. The monoisotopic (exact) mass is 312 g/mol. The first kappa shape index (κ1) is 15.3. The first-order chi connectivity index (χ1) is 11.0.